The van der Waals surface area contributed by atoms with Crippen molar-refractivity contribution in [3.63, 3.8) is 0 Å². The molecule has 3 rings (SSSR count). The monoisotopic (exact) mass is 316 g/mol. The number of anilines is 1. The number of nitrogens with zero attached hydrogens (tertiary/aromatic N) is 2. The number of hydrogen-bond acceptors (Lipinski definition) is 4. The highest BCUT2D eigenvalue weighted by atomic mass is 16.5. The van der Waals surface area contributed by atoms with Crippen LogP contribution in [0.5, 0.6) is 5.75 Å². The molecule has 1 aliphatic carbocycles. The lowest BCUT2D eigenvalue weighted by molar-refractivity contribution is -0.139. The number of imide groups is 2. The Morgan fingerprint density at radius 1 is 1.00 bits per heavy atom. The first-order chi connectivity index (χ1) is 11.1. The van der Waals surface area contributed by atoms with Gasteiger partial charge in [0.05, 0.1) is 12.8 Å². The Balaban J connectivity index is 1.78. The van der Waals surface area contributed by atoms with E-state index in [0.29, 0.717) is 23.9 Å². The minimum atomic E-state index is -0.782. The lowest BCUT2D eigenvalue weighted by Crippen LogP contribution is -2.37. The lowest BCUT2D eigenvalue weighted by atomic mass is 9.89. The maximum Gasteiger partial charge on any atom is 0.338 e. The van der Waals surface area contributed by atoms with Crippen LogP contribution in [-0.2, 0) is 9.59 Å². The summed E-state index contributed by atoms with van der Waals surface area (Å²) in [7, 11) is 1.54. The Kier molecular flexibility index (Phi) is 4.32. The predicted molar refractivity (Wildman–Crippen MR) is 84.2 cm³/mol. The third-order valence-electron chi connectivity index (χ3n) is 4.55. The van der Waals surface area contributed by atoms with E-state index in [-0.39, 0.29) is 0 Å². The summed E-state index contributed by atoms with van der Waals surface area (Å²) in [6, 6.07) is 5.97. The fraction of sp³-hybridized carbons (Fsp3) is 0.471. The van der Waals surface area contributed by atoms with E-state index in [4.69, 9.17) is 4.74 Å². The van der Waals surface area contributed by atoms with E-state index in [0.717, 1.165) is 35.5 Å². The summed E-state index contributed by atoms with van der Waals surface area (Å²) in [4.78, 5) is 39.0. The molecule has 1 aliphatic heterocycles. The third kappa shape index (κ3) is 2.93. The van der Waals surface area contributed by atoms with Crippen LogP contribution in [0.3, 0.4) is 0 Å². The van der Waals surface area contributed by atoms with Crippen molar-refractivity contribution in [2.45, 2.75) is 32.1 Å². The van der Waals surface area contributed by atoms with Gasteiger partial charge in [-0.15, -0.1) is 0 Å². The summed E-state index contributed by atoms with van der Waals surface area (Å²) in [5, 5.41) is 0. The highest BCUT2D eigenvalue weighted by molar-refractivity contribution is 6.52. The number of hydrogen-bond donors (Lipinski definition) is 0. The first-order valence-corrected chi connectivity index (χ1v) is 7.96. The SMILES string of the molecule is COc1ccc(N2C(=O)C(=O)N(CC3CCCCC3)C2=O)cc1. The summed E-state index contributed by atoms with van der Waals surface area (Å²) >= 11 is 0. The molecular weight excluding hydrogens is 296 g/mol. The van der Waals surface area contributed by atoms with Gasteiger partial charge in [0, 0.05) is 6.54 Å². The highest BCUT2D eigenvalue weighted by Gasteiger charge is 2.45. The van der Waals surface area contributed by atoms with Gasteiger partial charge >= 0.3 is 17.8 Å². The van der Waals surface area contributed by atoms with Crippen molar-refractivity contribution in [1.29, 1.82) is 0 Å². The zero-order valence-corrected chi connectivity index (χ0v) is 13.2. The van der Waals surface area contributed by atoms with Gasteiger partial charge in [-0.25, -0.2) is 9.69 Å². The van der Waals surface area contributed by atoms with Crippen LogP contribution in [0.4, 0.5) is 10.5 Å². The number of carbonyl (C=O) groups is 3. The molecule has 0 bridgehead atoms. The molecule has 0 atom stereocenters. The van der Waals surface area contributed by atoms with Gasteiger partial charge < -0.3 is 4.74 Å². The van der Waals surface area contributed by atoms with Crippen molar-refractivity contribution >= 4 is 23.5 Å². The van der Waals surface area contributed by atoms with Crippen LogP contribution < -0.4 is 9.64 Å². The minimum Gasteiger partial charge on any atom is -0.497 e. The number of ether oxygens (including phenoxy) is 1. The molecule has 1 saturated heterocycles. The molecule has 0 spiro atoms. The molecule has 0 unspecified atom stereocenters. The van der Waals surface area contributed by atoms with Crippen molar-refractivity contribution in [1.82, 2.24) is 4.90 Å². The van der Waals surface area contributed by atoms with Crippen molar-refractivity contribution in [3.05, 3.63) is 24.3 Å². The van der Waals surface area contributed by atoms with Gasteiger partial charge in [0.15, 0.2) is 0 Å². The molecule has 122 valence electrons. The standard InChI is InChI=1S/C17H20N2O4/c1-23-14-9-7-13(8-10-14)19-16(21)15(20)18(17(19)22)11-12-5-3-2-4-6-12/h7-10,12H,2-6,11H2,1H3. The van der Waals surface area contributed by atoms with Gasteiger partial charge in [-0.2, -0.15) is 0 Å². The first kappa shape index (κ1) is 15.5. The Bertz CT molecular complexity index is 620. The molecule has 0 N–H and O–H groups in total. The molecule has 6 nitrogen and oxygen atoms in total. The van der Waals surface area contributed by atoms with Crippen LogP contribution >= 0.6 is 0 Å². The number of urea groups is 1. The second-order valence-electron chi connectivity index (χ2n) is 6.04. The smallest absolute Gasteiger partial charge is 0.338 e. The molecule has 1 aromatic rings. The average Bonchev–Trinajstić information content (AvgIpc) is 2.80. The van der Waals surface area contributed by atoms with E-state index in [2.05, 4.69) is 0 Å². The van der Waals surface area contributed by atoms with Crippen LogP contribution in [0.1, 0.15) is 32.1 Å². The molecule has 4 amide bonds. The molecule has 1 heterocycles. The number of carbonyl (C=O) groups excluding carboxylic acids is 3. The maximum atomic E-state index is 12.5. The van der Waals surface area contributed by atoms with E-state index in [9.17, 15) is 14.4 Å². The van der Waals surface area contributed by atoms with Gasteiger partial charge in [-0.3, -0.25) is 14.5 Å². The molecule has 23 heavy (non-hydrogen) atoms. The van der Waals surface area contributed by atoms with E-state index >= 15 is 0 Å². The van der Waals surface area contributed by atoms with Crippen LogP contribution in [0.15, 0.2) is 24.3 Å². The molecule has 2 aliphatic rings. The lowest BCUT2D eigenvalue weighted by Gasteiger charge is -2.25. The summed E-state index contributed by atoms with van der Waals surface area (Å²) in [6.45, 7) is 0.343. The average molecular weight is 316 g/mol. The number of rotatable bonds is 4. The number of methoxy groups -OCH3 is 1. The van der Waals surface area contributed by atoms with Crippen molar-refractivity contribution in [2.75, 3.05) is 18.6 Å². The van der Waals surface area contributed by atoms with Gasteiger partial charge in [-0.1, -0.05) is 19.3 Å². The summed E-state index contributed by atoms with van der Waals surface area (Å²) in [6.07, 6.45) is 5.46. The van der Waals surface area contributed by atoms with Crippen LogP contribution in [-0.4, -0.2) is 36.4 Å². The van der Waals surface area contributed by atoms with Crippen molar-refractivity contribution in [3.8, 4) is 5.75 Å². The topological polar surface area (TPSA) is 66.9 Å². The maximum absolute atomic E-state index is 12.5. The zero-order chi connectivity index (χ0) is 16.4. The molecule has 0 aromatic heterocycles. The van der Waals surface area contributed by atoms with Gasteiger partial charge in [0.25, 0.3) is 0 Å². The Labute approximate surface area is 135 Å². The van der Waals surface area contributed by atoms with Crippen LogP contribution in [0.2, 0.25) is 0 Å². The molecule has 1 saturated carbocycles. The van der Waals surface area contributed by atoms with Gasteiger partial charge in [0.2, 0.25) is 0 Å². The molecule has 2 fully saturated rings. The first-order valence-electron chi connectivity index (χ1n) is 7.96. The third-order valence-corrected chi connectivity index (χ3v) is 4.55. The normalized spacial score (nSPS) is 19.6. The summed E-state index contributed by atoms with van der Waals surface area (Å²) in [5.41, 5.74) is 0.389. The molecular formula is C17H20N2O4. The largest absolute Gasteiger partial charge is 0.497 e. The second-order valence-corrected chi connectivity index (χ2v) is 6.04. The molecule has 6 heteroatoms. The van der Waals surface area contributed by atoms with E-state index in [1.807, 2.05) is 0 Å². The van der Waals surface area contributed by atoms with Crippen molar-refractivity contribution < 1.29 is 19.1 Å². The number of amides is 4. The van der Waals surface area contributed by atoms with Gasteiger partial charge in [0.1, 0.15) is 5.75 Å². The minimum absolute atomic E-state index is 0.306. The fourth-order valence-electron chi connectivity index (χ4n) is 3.25. The van der Waals surface area contributed by atoms with E-state index in [1.165, 1.54) is 13.5 Å². The number of benzene rings is 1. The second kappa shape index (κ2) is 6.40. The van der Waals surface area contributed by atoms with E-state index < -0.39 is 17.8 Å². The zero-order valence-electron chi connectivity index (χ0n) is 13.2. The molecule has 0 radical (unpaired) electrons. The fourth-order valence-corrected chi connectivity index (χ4v) is 3.25. The van der Waals surface area contributed by atoms with E-state index in [1.54, 1.807) is 24.3 Å². The van der Waals surface area contributed by atoms with Crippen molar-refractivity contribution in [2.24, 2.45) is 5.92 Å². The summed E-state index contributed by atoms with van der Waals surface area (Å²) < 4.78 is 5.06. The van der Waals surface area contributed by atoms with Gasteiger partial charge in [-0.05, 0) is 43.0 Å². The Morgan fingerprint density at radius 2 is 1.65 bits per heavy atom. The highest BCUT2D eigenvalue weighted by Crippen LogP contribution is 2.28. The Morgan fingerprint density at radius 3 is 2.26 bits per heavy atom. The molecule has 1 aromatic carbocycles. The van der Waals surface area contributed by atoms with Crippen LogP contribution in [0, 0.1) is 5.92 Å². The van der Waals surface area contributed by atoms with Crippen LogP contribution in [0.25, 0.3) is 0 Å². The Hall–Kier alpha value is -2.37. The predicted octanol–water partition coefficient (Wildman–Crippen LogP) is 2.57. The summed E-state index contributed by atoms with van der Waals surface area (Å²) in [5.74, 6) is -0.578. The quantitative estimate of drug-likeness (QED) is 0.632.